The highest BCUT2D eigenvalue weighted by molar-refractivity contribution is 5.98. The summed E-state index contributed by atoms with van der Waals surface area (Å²) >= 11 is 0. The Hall–Kier alpha value is -2.62. The molecule has 2 rings (SSSR count). The molecule has 0 aliphatic heterocycles. The molecule has 0 aromatic heterocycles. The summed E-state index contributed by atoms with van der Waals surface area (Å²) in [5.74, 6) is 5.87. The molecule has 0 bridgehead atoms. The topological polar surface area (TPSA) is 62.8 Å². The number of amidine groups is 1. The predicted molar refractivity (Wildman–Crippen MR) is 74.3 cm³/mol. The molecule has 18 heavy (non-hydrogen) atoms. The fraction of sp³-hybridized carbons (Fsp3) is 0. The first-order chi connectivity index (χ1) is 8.90. The van der Waals surface area contributed by atoms with Crippen LogP contribution in [0.1, 0.15) is 11.1 Å². The molecule has 3 N–H and O–H groups in total. The third-order valence-electron chi connectivity index (χ3n) is 2.36. The SMILES string of the molecule is NN=C(N/N=C\c1ccccc1)c1ccccc1. The molecule has 0 radical (unpaired) electrons. The Bertz CT molecular complexity index is 532. The third kappa shape index (κ3) is 3.18. The maximum Gasteiger partial charge on any atom is 0.173 e. The monoisotopic (exact) mass is 238 g/mol. The number of benzene rings is 2. The number of hydrogen-bond donors (Lipinski definition) is 2. The highest BCUT2D eigenvalue weighted by Gasteiger charge is 1.99. The van der Waals surface area contributed by atoms with E-state index in [2.05, 4.69) is 15.6 Å². The summed E-state index contributed by atoms with van der Waals surface area (Å²) in [6.45, 7) is 0. The Morgan fingerprint density at radius 3 is 2.17 bits per heavy atom. The van der Waals surface area contributed by atoms with Gasteiger partial charge < -0.3 is 5.84 Å². The number of rotatable bonds is 3. The second-order valence-corrected chi connectivity index (χ2v) is 3.62. The van der Waals surface area contributed by atoms with Crippen LogP contribution in [-0.2, 0) is 0 Å². The van der Waals surface area contributed by atoms with Gasteiger partial charge in [-0.1, -0.05) is 60.7 Å². The summed E-state index contributed by atoms with van der Waals surface area (Å²) in [6, 6.07) is 19.4. The van der Waals surface area contributed by atoms with Gasteiger partial charge in [-0.15, -0.1) is 0 Å². The van der Waals surface area contributed by atoms with Crippen LogP contribution in [-0.4, -0.2) is 12.1 Å². The van der Waals surface area contributed by atoms with Crippen LogP contribution in [0.15, 0.2) is 70.9 Å². The van der Waals surface area contributed by atoms with E-state index in [1.54, 1.807) is 6.21 Å². The van der Waals surface area contributed by atoms with Gasteiger partial charge in [-0.05, 0) is 5.56 Å². The molecule has 0 amide bonds. The van der Waals surface area contributed by atoms with Crippen LogP contribution in [0.3, 0.4) is 0 Å². The summed E-state index contributed by atoms with van der Waals surface area (Å²) in [6.07, 6.45) is 1.72. The standard InChI is InChI=1S/C14H14N4/c15-17-14(13-9-5-2-6-10-13)18-16-11-12-7-3-1-4-8-12/h1-11H,15H2,(H,17,18)/b16-11-. The van der Waals surface area contributed by atoms with Crippen LogP contribution in [0.2, 0.25) is 0 Å². The zero-order valence-electron chi connectivity index (χ0n) is 9.82. The lowest BCUT2D eigenvalue weighted by Crippen LogP contribution is -2.20. The van der Waals surface area contributed by atoms with Gasteiger partial charge in [0.1, 0.15) is 0 Å². The van der Waals surface area contributed by atoms with E-state index in [4.69, 9.17) is 5.84 Å². The van der Waals surface area contributed by atoms with Crippen LogP contribution in [0.4, 0.5) is 0 Å². The highest BCUT2D eigenvalue weighted by atomic mass is 15.3. The van der Waals surface area contributed by atoms with Gasteiger partial charge in [0.25, 0.3) is 0 Å². The van der Waals surface area contributed by atoms with Crippen molar-refractivity contribution in [2.45, 2.75) is 0 Å². The van der Waals surface area contributed by atoms with Crippen molar-refractivity contribution in [1.82, 2.24) is 5.43 Å². The van der Waals surface area contributed by atoms with Crippen molar-refractivity contribution in [3.05, 3.63) is 71.8 Å². The Labute approximate surface area is 106 Å². The molecule has 0 aliphatic rings. The average molecular weight is 238 g/mol. The number of nitrogens with zero attached hydrogens (tertiary/aromatic N) is 2. The van der Waals surface area contributed by atoms with E-state index in [0.717, 1.165) is 11.1 Å². The summed E-state index contributed by atoms with van der Waals surface area (Å²) in [5.41, 5.74) is 4.73. The van der Waals surface area contributed by atoms with Gasteiger partial charge in [0.2, 0.25) is 0 Å². The molecular weight excluding hydrogens is 224 g/mol. The van der Waals surface area contributed by atoms with Gasteiger partial charge in [-0.2, -0.15) is 10.2 Å². The lowest BCUT2D eigenvalue weighted by atomic mass is 10.2. The second kappa shape index (κ2) is 6.20. The number of nitrogens with two attached hydrogens (primary N) is 1. The maximum atomic E-state index is 5.34. The molecule has 0 saturated carbocycles. The van der Waals surface area contributed by atoms with Crippen molar-refractivity contribution >= 4 is 12.1 Å². The van der Waals surface area contributed by atoms with Crippen molar-refractivity contribution in [2.24, 2.45) is 16.0 Å². The zero-order chi connectivity index (χ0) is 12.6. The molecule has 0 aliphatic carbocycles. The average Bonchev–Trinajstić information content (AvgIpc) is 2.46. The van der Waals surface area contributed by atoms with Gasteiger partial charge in [0, 0.05) is 5.56 Å². The van der Waals surface area contributed by atoms with Gasteiger partial charge >= 0.3 is 0 Å². The molecule has 2 aromatic carbocycles. The van der Waals surface area contributed by atoms with Gasteiger partial charge in [-0.25, -0.2) is 0 Å². The van der Waals surface area contributed by atoms with E-state index in [0.29, 0.717) is 5.84 Å². The Kier molecular flexibility index (Phi) is 4.08. The molecule has 0 saturated heterocycles. The molecule has 0 spiro atoms. The van der Waals surface area contributed by atoms with E-state index in [1.165, 1.54) is 0 Å². The molecule has 4 nitrogen and oxygen atoms in total. The van der Waals surface area contributed by atoms with E-state index >= 15 is 0 Å². The molecule has 0 unspecified atom stereocenters. The van der Waals surface area contributed by atoms with Crippen molar-refractivity contribution in [3.63, 3.8) is 0 Å². The second-order valence-electron chi connectivity index (χ2n) is 3.62. The fourth-order valence-electron chi connectivity index (χ4n) is 1.47. The fourth-order valence-corrected chi connectivity index (χ4v) is 1.47. The normalized spacial score (nSPS) is 11.7. The number of nitrogens with one attached hydrogen (secondary N) is 1. The van der Waals surface area contributed by atoms with Crippen molar-refractivity contribution < 1.29 is 0 Å². The number of hydrogen-bond acceptors (Lipinski definition) is 3. The maximum absolute atomic E-state index is 5.34. The molecular formula is C14H14N4. The molecule has 4 heteroatoms. The van der Waals surface area contributed by atoms with Gasteiger partial charge in [0.05, 0.1) is 6.21 Å². The number of hydrazone groups is 2. The summed E-state index contributed by atoms with van der Waals surface area (Å²) < 4.78 is 0. The van der Waals surface area contributed by atoms with Gasteiger partial charge in [0.15, 0.2) is 5.84 Å². The first-order valence-corrected chi connectivity index (χ1v) is 5.57. The van der Waals surface area contributed by atoms with Crippen LogP contribution in [0.25, 0.3) is 0 Å². The van der Waals surface area contributed by atoms with Crippen molar-refractivity contribution in [1.29, 1.82) is 0 Å². The lowest BCUT2D eigenvalue weighted by molar-refractivity contribution is 1.01. The quantitative estimate of drug-likeness (QED) is 0.371. The molecule has 90 valence electrons. The Balaban J connectivity index is 2.03. The van der Waals surface area contributed by atoms with Crippen LogP contribution >= 0.6 is 0 Å². The van der Waals surface area contributed by atoms with Crippen LogP contribution in [0.5, 0.6) is 0 Å². The summed E-state index contributed by atoms with van der Waals surface area (Å²) in [4.78, 5) is 0. The Morgan fingerprint density at radius 2 is 1.56 bits per heavy atom. The smallest absolute Gasteiger partial charge is 0.173 e. The highest BCUT2D eigenvalue weighted by Crippen LogP contribution is 1.99. The summed E-state index contributed by atoms with van der Waals surface area (Å²) in [5, 5.41) is 7.78. The van der Waals surface area contributed by atoms with E-state index < -0.39 is 0 Å². The van der Waals surface area contributed by atoms with Crippen molar-refractivity contribution in [3.8, 4) is 0 Å². The third-order valence-corrected chi connectivity index (χ3v) is 2.36. The molecule has 0 atom stereocenters. The van der Waals surface area contributed by atoms with Gasteiger partial charge in [-0.3, -0.25) is 5.43 Å². The van der Waals surface area contributed by atoms with Crippen LogP contribution < -0.4 is 11.3 Å². The largest absolute Gasteiger partial charge is 0.321 e. The summed E-state index contributed by atoms with van der Waals surface area (Å²) in [7, 11) is 0. The minimum absolute atomic E-state index is 0.530. The van der Waals surface area contributed by atoms with E-state index in [-0.39, 0.29) is 0 Å². The molecule has 0 fully saturated rings. The first-order valence-electron chi connectivity index (χ1n) is 5.57. The minimum Gasteiger partial charge on any atom is -0.321 e. The molecule has 0 heterocycles. The Morgan fingerprint density at radius 1 is 0.944 bits per heavy atom. The van der Waals surface area contributed by atoms with Crippen molar-refractivity contribution in [2.75, 3.05) is 0 Å². The lowest BCUT2D eigenvalue weighted by Gasteiger charge is -2.03. The van der Waals surface area contributed by atoms with E-state index in [1.807, 2.05) is 60.7 Å². The van der Waals surface area contributed by atoms with Crippen LogP contribution in [0, 0.1) is 0 Å². The molecule has 2 aromatic rings. The first kappa shape index (κ1) is 11.9. The predicted octanol–water partition coefficient (Wildman–Crippen LogP) is 1.93. The minimum atomic E-state index is 0.530. The van der Waals surface area contributed by atoms with E-state index in [9.17, 15) is 0 Å². The zero-order valence-corrected chi connectivity index (χ0v) is 9.82.